The van der Waals surface area contributed by atoms with E-state index in [0.29, 0.717) is 4.90 Å². The van der Waals surface area contributed by atoms with Gasteiger partial charge < -0.3 is 10.4 Å². The summed E-state index contributed by atoms with van der Waals surface area (Å²) < 4.78 is 25.7. The molecule has 126 valence electrons. The van der Waals surface area contributed by atoms with Gasteiger partial charge in [-0.05, 0) is 30.7 Å². The van der Waals surface area contributed by atoms with Crippen LogP contribution in [0.5, 0.6) is 0 Å². The van der Waals surface area contributed by atoms with Gasteiger partial charge in [0.15, 0.2) is 0 Å². The molecule has 24 heavy (non-hydrogen) atoms. The van der Waals surface area contributed by atoms with E-state index in [-0.39, 0.29) is 17.7 Å². The molecule has 0 saturated carbocycles. The van der Waals surface area contributed by atoms with Crippen LogP contribution in [0.15, 0.2) is 59.5 Å². The summed E-state index contributed by atoms with van der Waals surface area (Å²) in [5.41, 5.74) is -0.229. The van der Waals surface area contributed by atoms with E-state index in [1.165, 1.54) is 18.2 Å². The van der Waals surface area contributed by atoms with Gasteiger partial charge in [-0.15, -0.1) is 0 Å². The lowest BCUT2D eigenvalue weighted by Gasteiger charge is -2.14. The lowest BCUT2D eigenvalue weighted by Crippen LogP contribution is -2.41. The third-order valence-corrected chi connectivity index (χ3v) is 4.72. The molecule has 2 atom stereocenters. The predicted octanol–water partition coefficient (Wildman–Crippen LogP) is 2.21. The number of aliphatic carboxylic acids is 1. The number of nitrogens with one attached hydrogen (secondary N) is 1. The van der Waals surface area contributed by atoms with E-state index in [1.54, 1.807) is 30.3 Å². The number of benzene rings is 2. The van der Waals surface area contributed by atoms with Crippen LogP contribution in [0.3, 0.4) is 0 Å². The van der Waals surface area contributed by atoms with Gasteiger partial charge in [0.1, 0.15) is 11.9 Å². The van der Waals surface area contributed by atoms with Gasteiger partial charge in [0.2, 0.25) is 0 Å². The average molecular weight is 349 g/mol. The molecule has 7 heteroatoms. The second kappa shape index (κ2) is 8.35. The monoisotopic (exact) mass is 349 g/mol. The first-order valence-electron chi connectivity index (χ1n) is 7.20. The Balaban J connectivity index is 2.00. The van der Waals surface area contributed by atoms with Crippen LogP contribution in [-0.2, 0) is 15.6 Å². The summed E-state index contributed by atoms with van der Waals surface area (Å²) in [4.78, 5) is 23.9. The van der Waals surface area contributed by atoms with Crippen molar-refractivity contribution < 1.29 is 23.3 Å². The third kappa shape index (κ3) is 4.73. The summed E-state index contributed by atoms with van der Waals surface area (Å²) >= 11 is 0. The maximum atomic E-state index is 13.6. The largest absolute Gasteiger partial charge is 0.480 e. The molecule has 0 radical (unpaired) electrons. The van der Waals surface area contributed by atoms with Gasteiger partial charge in [0, 0.05) is 10.6 Å². The van der Waals surface area contributed by atoms with Crippen molar-refractivity contribution in [3.05, 3.63) is 66.0 Å². The highest BCUT2D eigenvalue weighted by molar-refractivity contribution is 7.85. The Morgan fingerprint density at radius 2 is 1.71 bits per heavy atom. The molecule has 0 unspecified atom stereocenters. The van der Waals surface area contributed by atoms with Crippen molar-refractivity contribution in [3.8, 4) is 0 Å². The van der Waals surface area contributed by atoms with E-state index >= 15 is 0 Å². The number of hydrogen-bond donors (Lipinski definition) is 2. The topological polar surface area (TPSA) is 83.5 Å². The summed E-state index contributed by atoms with van der Waals surface area (Å²) in [6.07, 6.45) is -0.0307. The van der Waals surface area contributed by atoms with E-state index in [0.717, 1.165) is 6.07 Å². The van der Waals surface area contributed by atoms with Crippen molar-refractivity contribution in [1.29, 1.82) is 0 Å². The number of carbonyl (C=O) groups is 2. The van der Waals surface area contributed by atoms with Gasteiger partial charge in [-0.25, -0.2) is 9.18 Å². The summed E-state index contributed by atoms with van der Waals surface area (Å²) in [7, 11) is -1.37. The van der Waals surface area contributed by atoms with Crippen LogP contribution in [0.2, 0.25) is 0 Å². The normalized spacial score (nSPS) is 13.0. The van der Waals surface area contributed by atoms with Crippen LogP contribution in [0.1, 0.15) is 16.8 Å². The highest BCUT2D eigenvalue weighted by Gasteiger charge is 2.23. The van der Waals surface area contributed by atoms with E-state index in [4.69, 9.17) is 0 Å². The zero-order valence-corrected chi connectivity index (χ0v) is 13.5. The number of carboxylic acids is 1. The molecule has 0 aliphatic rings. The van der Waals surface area contributed by atoms with Crippen molar-refractivity contribution in [2.75, 3.05) is 5.75 Å². The Bertz CT molecular complexity index is 751. The van der Waals surface area contributed by atoms with Gasteiger partial charge in [-0.3, -0.25) is 9.00 Å². The van der Waals surface area contributed by atoms with Crippen molar-refractivity contribution in [2.45, 2.75) is 17.4 Å². The average Bonchev–Trinajstić information content (AvgIpc) is 2.59. The molecule has 0 aromatic heterocycles. The SMILES string of the molecule is O=C(N[C@H](CC[S@@](=O)c1ccccc1)C(=O)O)c1ccccc1F. The fourth-order valence-corrected chi connectivity index (χ4v) is 3.20. The van der Waals surface area contributed by atoms with Crippen LogP contribution >= 0.6 is 0 Å². The van der Waals surface area contributed by atoms with Gasteiger partial charge in [0.25, 0.3) is 5.91 Å². The van der Waals surface area contributed by atoms with E-state index in [1.807, 2.05) is 0 Å². The molecule has 0 fully saturated rings. The second-order valence-electron chi connectivity index (χ2n) is 5.00. The summed E-state index contributed by atoms with van der Waals surface area (Å²) in [6, 6.07) is 12.7. The Morgan fingerprint density at radius 1 is 1.08 bits per heavy atom. The standard InChI is InChI=1S/C17H16FNO4S/c18-14-9-5-4-8-13(14)16(20)19-15(17(21)22)10-11-24(23)12-6-2-1-3-7-12/h1-9,15H,10-11H2,(H,19,20)(H,21,22)/t15-,24-/m1/s1. The van der Waals surface area contributed by atoms with Crippen molar-refractivity contribution >= 4 is 22.7 Å². The number of carbonyl (C=O) groups excluding carboxylic acids is 1. The maximum absolute atomic E-state index is 13.6. The molecule has 5 nitrogen and oxygen atoms in total. The van der Waals surface area contributed by atoms with Crippen LogP contribution in [-0.4, -0.2) is 33.0 Å². The molecule has 0 spiro atoms. The number of rotatable bonds is 7. The number of carboxylic acid groups (broad SMARTS) is 1. The Morgan fingerprint density at radius 3 is 2.33 bits per heavy atom. The maximum Gasteiger partial charge on any atom is 0.326 e. The van der Waals surface area contributed by atoms with Crippen LogP contribution in [0.25, 0.3) is 0 Å². The lowest BCUT2D eigenvalue weighted by molar-refractivity contribution is -0.139. The Hall–Kier alpha value is -2.54. The van der Waals surface area contributed by atoms with Gasteiger partial charge in [-0.2, -0.15) is 0 Å². The molecule has 0 heterocycles. The minimum Gasteiger partial charge on any atom is -0.480 e. The molecular formula is C17H16FNO4S. The molecule has 0 aliphatic carbocycles. The zero-order valence-electron chi connectivity index (χ0n) is 12.6. The fourth-order valence-electron chi connectivity index (χ4n) is 2.05. The Kier molecular flexibility index (Phi) is 6.20. The van der Waals surface area contributed by atoms with Crippen molar-refractivity contribution in [1.82, 2.24) is 5.32 Å². The van der Waals surface area contributed by atoms with Gasteiger partial charge in [0.05, 0.1) is 16.4 Å². The summed E-state index contributed by atoms with van der Waals surface area (Å²) in [5.74, 6) is -2.74. The zero-order chi connectivity index (χ0) is 17.5. The predicted molar refractivity (Wildman–Crippen MR) is 87.6 cm³/mol. The highest BCUT2D eigenvalue weighted by atomic mass is 32.2. The van der Waals surface area contributed by atoms with E-state index < -0.39 is 34.5 Å². The lowest BCUT2D eigenvalue weighted by atomic mass is 10.1. The molecule has 2 N–H and O–H groups in total. The summed E-state index contributed by atoms with van der Waals surface area (Å²) in [6.45, 7) is 0. The first-order valence-corrected chi connectivity index (χ1v) is 8.52. The van der Waals surface area contributed by atoms with Crippen molar-refractivity contribution in [2.24, 2.45) is 0 Å². The molecule has 0 aliphatic heterocycles. The van der Waals surface area contributed by atoms with Gasteiger partial charge in [-0.1, -0.05) is 30.3 Å². The number of halogens is 1. The minimum absolute atomic E-state index is 0.0307. The minimum atomic E-state index is -1.37. The van der Waals surface area contributed by atoms with Crippen molar-refractivity contribution in [3.63, 3.8) is 0 Å². The molecule has 2 aromatic carbocycles. The molecule has 1 amide bonds. The molecule has 0 saturated heterocycles. The Labute approximate surface area is 141 Å². The number of amides is 1. The first kappa shape index (κ1) is 17.8. The number of hydrogen-bond acceptors (Lipinski definition) is 3. The van der Waals surface area contributed by atoms with Crippen LogP contribution < -0.4 is 5.32 Å². The van der Waals surface area contributed by atoms with Crippen LogP contribution in [0, 0.1) is 5.82 Å². The van der Waals surface area contributed by atoms with Crippen LogP contribution in [0.4, 0.5) is 4.39 Å². The van der Waals surface area contributed by atoms with E-state index in [2.05, 4.69) is 5.32 Å². The molecular weight excluding hydrogens is 333 g/mol. The van der Waals surface area contributed by atoms with E-state index in [9.17, 15) is 23.3 Å². The first-order chi connectivity index (χ1) is 11.5. The quantitative estimate of drug-likeness (QED) is 0.803. The molecule has 0 bridgehead atoms. The molecule has 2 rings (SSSR count). The molecule has 2 aromatic rings. The third-order valence-electron chi connectivity index (χ3n) is 3.32. The smallest absolute Gasteiger partial charge is 0.326 e. The second-order valence-corrected chi connectivity index (χ2v) is 6.57. The summed E-state index contributed by atoms with van der Waals surface area (Å²) in [5, 5.41) is 11.5. The fraction of sp³-hybridized carbons (Fsp3) is 0.176. The van der Waals surface area contributed by atoms with Gasteiger partial charge >= 0.3 is 5.97 Å². The highest BCUT2D eigenvalue weighted by Crippen LogP contribution is 2.10.